The number of likely N-dealkylation sites (N-methyl/N-ethyl adjacent to an activating group) is 1. The van der Waals surface area contributed by atoms with Crippen molar-refractivity contribution in [3.8, 4) is 5.75 Å². The highest BCUT2D eigenvalue weighted by Gasteiger charge is 2.35. The first-order chi connectivity index (χ1) is 21.0. The summed E-state index contributed by atoms with van der Waals surface area (Å²) in [4.78, 5) is 29.4. The number of methoxy groups -OCH3 is 1. The van der Waals surface area contributed by atoms with Crippen molar-refractivity contribution in [2.24, 2.45) is 0 Å². The molecule has 44 heavy (non-hydrogen) atoms. The van der Waals surface area contributed by atoms with Gasteiger partial charge in [0, 0.05) is 20.0 Å². The number of aryl methyl sites for hydroxylation is 2. The van der Waals surface area contributed by atoms with E-state index in [0.717, 1.165) is 32.1 Å². The maximum absolute atomic E-state index is 14.5. The number of ether oxygens (including phenoxy) is 1. The summed E-state index contributed by atoms with van der Waals surface area (Å²) in [6, 6.07) is 27.7. The highest BCUT2D eigenvalue weighted by atomic mass is 32.2. The number of anilines is 1. The predicted octanol–water partition coefficient (Wildman–Crippen LogP) is 5.20. The van der Waals surface area contributed by atoms with Crippen LogP contribution in [0.5, 0.6) is 5.75 Å². The van der Waals surface area contributed by atoms with E-state index in [2.05, 4.69) is 5.32 Å². The summed E-state index contributed by atoms with van der Waals surface area (Å²) in [5, 5.41) is 2.70. The smallest absolute Gasteiger partial charge is 0.264 e. The highest BCUT2D eigenvalue weighted by molar-refractivity contribution is 7.92. The van der Waals surface area contributed by atoms with Crippen LogP contribution in [0.1, 0.15) is 27.8 Å². The van der Waals surface area contributed by atoms with Crippen molar-refractivity contribution in [3.63, 3.8) is 0 Å². The van der Waals surface area contributed by atoms with Crippen LogP contribution >= 0.6 is 0 Å². The first-order valence-electron chi connectivity index (χ1n) is 14.4. The third-order valence-corrected chi connectivity index (χ3v) is 9.51. The Balaban J connectivity index is 1.82. The fraction of sp³-hybridized carbons (Fsp3) is 0.257. The molecule has 0 fully saturated rings. The van der Waals surface area contributed by atoms with E-state index in [-0.39, 0.29) is 23.8 Å². The lowest BCUT2D eigenvalue weighted by Gasteiger charge is -2.34. The Morgan fingerprint density at radius 3 is 2.16 bits per heavy atom. The molecule has 0 aliphatic carbocycles. The molecule has 1 atom stereocenters. The van der Waals surface area contributed by atoms with Crippen LogP contribution in [0.3, 0.4) is 0 Å². The maximum atomic E-state index is 14.5. The number of sulfonamides is 1. The van der Waals surface area contributed by atoms with E-state index in [1.807, 2.05) is 69.3 Å². The summed E-state index contributed by atoms with van der Waals surface area (Å²) in [5.74, 6) is -0.271. The van der Waals surface area contributed by atoms with Crippen LogP contribution in [0.4, 0.5) is 5.69 Å². The minimum absolute atomic E-state index is 0.0617. The Bertz CT molecular complexity index is 1710. The monoisotopic (exact) mass is 613 g/mol. The van der Waals surface area contributed by atoms with E-state index in [9.17, 15) is 18.0 Å². The van der Waals surface area contributed by atoms with Crippen molar-refractivity contribution >= 4 is 27.5 Å². The van der Waals surface area contributed by atoms with Gasteiger partial charge in [0.15, 0.2) is 0 Å². The number of carbonyl (C=O) groups excluding carboxylic acids is 2. The fourth-order valence-corrected chi connectivity index (χ4v) is 6.52. The zero-order chi connectivity index (χ0) is 31.9. The normalized spacial score (nSPS) is 11.8. The van der Waals surface area contributed by atoms with E-state index in [1.54, 1.807) is 55.6 Å². The third kappa shape index (κ3) is 7.47. The van der Waals surface area contributed by atoms with Gasteiger partial charge < -0.3 is 15.0 Å². The van der Waals surface area contributed by atoms with E-state index in [1.165, 1.54) is 11.9 Å². The van der Waals surface area contributed by atoms with E-state index < -0.39 is 28.5 Å². The van der Waals surface area contributed by atoms with Crippen molar-refractivity contribution < 1.29 is 22.7 Å². The SMILES string of the molecule is CNC(=O)C(Cc1ccccc1)N(Cc1cccc(OC)c1)C(=O)CN(c1cccc(C)c1C)S(=O)(=O)c1ccc(C)cc1. The van der Waals surface area contributed by atoms with Gasteiger partial charge in [-0.2, -0.15) is 0 Å². The molecule has 0 heterocycles. The lowest BCUT2D eigenvalue weighted by atomic mass is 10.0. The molecule has 9 heteroatoms. The first kappa shape index (κ1) is 32.3. The Hall–Kier alpha value is -4.63. The van der Waals surface area contributed by atoms with E-state index in [0.29, 0.717) is 11.4 Å². The molecule has 0 aliphatic rings. The Morgan fingerprint density at radius 2 is 1.50 bits per heavy atom. The molecule has 1 unspecified atom stereocenters. The average Bonchev–Trinajstić information content (AvgIpc) is 3.03. The van der Waals surface area contributed by atoms with Gasteiger partial charge in [0.25, 0.3) is 10.0 Å². The predicted molar refractivity (Wildman–Crippen MR) is 173 cm³/mol. The van der Waals surface area contributed by atoms with Gasteiger partial charge in [-0.3, -0.25) is 13.9 Å². The first-order valence-corrected chi connectivity index (χ1v) is 15.8. The van der Waals surface area contributed by atoms with Crippen molar-refractivity contribution in [3.05, 3.63) is 125 Å². The molecule has 1 N–H and O–H groups in total. The molecule has 0 radical (unpaired) electrons. The second-order valence-electron chi connectivity index (χ2n) is 10.7. The minimum Gasteiger partial charge on any atom is -0.497 e. The Labute approximate surface area is 260 Å². The molecule has 8 nitrogen and oxygen atoms in total. The number of carbonyl (C=O) groups is 2. The van der Waals surface area contributed by atoms with Crippen LogP contribution in [-0.4, -0.2) is 51.9 Å². The van der Waals surface area contributed by atoms with Crippen LogP contribution < -0.4 is 14.4 Å². The molecule has 0 aliphatic heterocycles. The van der Waals surface area contributed by atoms with Crippen molar-refractivity contribution in [2.75, 3.05) is 25.0 Å². The molecule has 4 aromatic rings. The molecule has 0 spiro atoms. The number of nitrogens with zero attached hydrogens (tertiary/aromatic N) is 2. The maximum Gasteiger partial charge on any atom is 0.264 e. The molecular formula is C35H39N3O5S. The van der Waals surface area contributed by atoms with E-state index >= 15 is 0 Å². The molecule has 0 bridgehead atoms. The number of nitrogens with one attached hydrogen (secondary N) is 1. The average molecular weight is 614 g/mol. The van der Waals surface area contributed by atoms with Gasteiger partial charge in [-0.25, -0.2) is 8.42 Å². The largest absolute Gasteiger partial charge is 0.497 e. The Morgan fingerprint density at radius 1 is 0.841 bits per heavy atom. The van der Waals surface area contributed by atoms with Gasteiger partial charge in [0.2, 0.25) is 11.8 Å². The van der Waals surface area contributed by atoms with Crippen LogP contribution in [-0.2, 0) is 32.6 Å². The van der Waals surface area contributed by atoms with Gasteiger partial charge >= 0.3 is 0 Å². The third-order valence-electron chi connectivity index (χ3n) is 7.74. The van der Waals surface area contributed by atoms with Crippen LogP contribution in [0.2, 0.25) is 0 Å². The van der Waals surface area contributed by atoms with Gasteiger partial charge in [-0.15, -0.1) is 0 Å². The van der Waals surface area contributed by atoms with Gasteiger partial charge in [0.1, 0.15) is 18.3 Å². The number of benzene rings is 4. The van der Waals surface area contributed by atoms with Crippen LogP contribution in [0.15, 0.2) is 102 Å². The molecule has 4 aromatic carbocycles. The number of amides is 2. The number of hydrogen-bond acceptors (Lipinski definition) is 5. The molecule has 0 saturated carbocycles. The van der Waals surface area contributed by atoms with Crippen LogP contribution in [0.25, 0.3) is 0 Å². The van der Waals surface area contributed by atoms with Crippen LogP contribution in [0, 0.1) is 20.8 Å². The molecule has 2 amide bonds. The lowest BCUT2D eigenvalue weighted by Crippen LogP contribution is -2.53. The zero-order valence-electron chi connectivity index (χ0n) is 25.8. The lowest BCUT2D eigenvalue weighted by molar-refractivity contribution is -0.139. The summed E-state index contributed by atoms with van der Waals surface area (Å²) in [6.07, 6.45) is 0.240. The van der Waals surface area contributed by atoms with Crippen molar-refractivity contribution in [1.29, 1.82) is 0 Å². The zero-order valence-corrected chi connectivity index (χ0v) is 26.6. The standard InChI is InChI=1S/C35H39N3O5S/c1-25-17-19-31(20-18-25)44(41,42)38(32-16-9-11-26(2)27(32)3)24-34(39)37(23-29-14-10-15-30(21-29)43-5)33(35(40)36-4)22-28-12-7-6-8-13-28/h6-21,33H,22-24H2,1-5H3,(H,36,40). The molecule has 4 rings (SSSR count). The van der Waals surface area contributed by atoms with Gasteiger partial charge in [0.05, 0.1) is 17.7 Å². The van der Waals surface area contributed by atoms with Crippen molar-refractivity contribution in [1.82, 2.24) is 10.2 Å². The molecule has 0 aromatic heterocycles. The number of hydrogen-bond donors (Lipinski definition) is 1. The summed E-state index contributed by atoms with van der Waals surface area (Å²) in [5.41, 5.74) is 4.54. The van der Waals surface area contributed by atoms with Crippen molar-refractivity contribution in [2.45, 2.75) is 44.7 Å². The quantitative estimate of drug-likeness (QED) is 0.237. The molecule has 0 saturated heterocycles. The van der Waals surface area contributed by atoms with Gasteiger partial charge in [-0.05, 0) is 73.4 Å². The van der Waals surface area contributed by atoms with E-state index in [4.69, 9.17) is 4.74 Å². The fourth-order valence-electron chi connectivity index (χ4n) is 5.04. The second-order valence-corrected chi connectivity index (χ2v) is 12.6. The minimum atomic E-state index is -4.17. The molecule has 230 valence electrons. The Kier molecular flexibility index (Phi) is 10.4. The summed E-state index contributed by atoms with van der Waals surface area (Å²) >= 11 is 0. The van der Waals surface area contributed by atoms with Gasteiger partial charge in [-0.1, -0.05) is 72.3 Å². The number of rotatable bonds is 12. The second kappa shape index (κ2) is 14.2. The summed E-state index contributed by atoms with van der Waals surface area (Å²) in [7, 11) is -1.08. The highest BCUT2D eigenvalue weighted by Crippen LogP contribution is 2.29. The summed E-state index contributed by atoms with van der Waals surface area (Å²) < 4.78 is 35.0. The molecular weight excluding hydrogens is 574 g/mol. The summed E-state index contributed by atoms with van der Waals surface area (Å²) in [6.45, 7) is 5.17. The topological polar surface area (TPSA) is 96.0 Å².